The Morgan fingerprint density at radius 2 is 2.00 bits per heavy atom. The number of rotatable bonds is 2. The Morgan fingerprint density at radius 3 is 2.60 bits per heavy atom. The quantitative estimate of drug-likeness (QED) is 0.732. The van der Waals surface area contributed by atoms with Gasteiger partial charge in [0.25, 0.3) is 0 Å². The number of nitriles is 1. The van der Waals surface area contributed by atoms with Crippen molar-refractivity contribution >= 4 is 5.95 Å². The summed E-state index contributed by atoms with van der Waals surface area (Å²) in [6, 6.07) is 2.44. The SMILES string of the molecule is N#Cc1cnc(NC2CCNCC2)nc1. The molecule has 0 aliphatic carbocycles. The topological polar surface area (TPSA) is 73.6 Å². The van der Waals surface area contributed by atoms with Gasteiger partial charge in [-0.2, -0.15) is 5.26 Å². The van der Waals surface area contributed by atoms with Gasteiger partial charge in [0.05, 0.1) is 18.0 Å². The van der Waals surface area contributed by atoms with Crippen LogP contribution in [0.25, 0.3) is 0 Å². The van der Waals surface area contributed by atoms with E-state index in [1.807, 2.05) is 6.07 Å². The van der Waals surface area contributed by atoms with E-state index in [1.54, 1.807) is 0 Å². The molecule has 2 heterocycles. The number of aromatic nitrogens is 2. The van der Waals surface area contributed by atoms with Gasteiger partial charge in [0, 0.05) is 6.04 Å². The lowest BCUT2D eigenvalue weighted by Crippen LogP contribution is -2.35. The average molecular weight is 203 g/mol. The minimum atomic E-state index is 0.444. The number of anilines is 1. The van der Waals surface area contributed by atoms with E-state index in [9.17, 15) is 0 Å². The van der Waals surface area contributed by atoms with Crippen molar-refractivity contribution in [2.24, 2.45) is 0 Å². The van der Waals surface area contributed by atoms with Crippen molar-refractivity contribution in [3.05, 3.63) is 18.0 Å². The highest BCUT2D eigenvalue weighted by molar-refractivity contribution is 5.30. The van der Waals surface area contributed by atoms with Crippen LogP contribution in [0.15, 0.2) is 12.4 Å². The lowest BCUT2D eigenvalue weighted by Gasteiger charge is -2.23. The van der Waals surface area contributed by atoms with Crippen molar-refractivity contribution in [3.8, 4) is 6.07 Å². The molecule has 5 heteroatoms. The number of hydrogen-bond acceptors (Lipinski definition) is 5. The molecule has 1 saturated heterocycles. The smallest absolute Gasteiger partial charge is 0.222 e. The minimum Gasteiger partial charge on any atom is -0.351 e. The van der Waals surface area contributed by atoms with Gasteiger partial charge in [0.1, 0.15) is 6.07 Å². The van der Waals surface area contributed by atoms with Crippen molar-refractivity contribution in [3.63, 3.8) is 0 Å². The normalized spacial score (nSPS) is 17.0. The lowest BCUT2D eigenvalue weighted by molar-refractivity contribution is 0.477. The van der Waals surface area contributed by atoms with Gasteiger partial charge < -0.3 is 10.6 Å². The molecule has 1 aromatic heterocycles. The molecule has 0 radical (unpaired) electrons. The molecule has 78 valence electrons. The second-order valence-electron chi connectivity index (χ2n) is 3.58. The fourth-order valence-electron chi connectivity index (χ4n) is 1.61. The van der Waals surface area contributed by atoms with Crippen LogP contribution in [-0.2, 0) is 0 Å². The molecule has 0 atom stereocenters. The Bertz CT molecular complexity index is 347. The van der Waals surface area contributed by atoms with Gasteiger partial charge in [-0.25, -0.2) is 9.97 Å². The van der Waals surface area contributed by atoms with E-state index in [2.05, 4.69) is 20.6 Å². The van der Waals surface area contributed by atoms with Crippen LogP contribution in [-0.4, -0.2) is 29.1 Å². The van der Waals surface area contributed by atoms with Crippen LogP contribution >= 0.6 is 0 Å². The molecular formula is C10H13N5. The third kappa shape index (κ3) is 2.64. The number of nitrogens with zero attached hydrogens (tertiary/aromatic N) is 3. The van der Waals surface area contributed by atoms with Crippen LogP contribution in [0.3, 0.4) is 0 Å². The molecule has 0 bridgehead atoms. The molecule has 1 fully saturated rings. The van der Waals surface area contributed by atoms with E-state index < -0.39 is 0 Å². The van der Waals surface area contributed by atoms with Crippen LogP contribution in [0, 0.1) is 11.3 Å². The third-order valence-electron chi connectivity index (χ3n) is 2.45. The van der Waals surface area contributed by atoms with Gasteiger partial charge in [-0.05, 0) is 25.9 Å². The van der Waals surface area contributed by atoms with Crippen molar-refractivity contribution in [2.45, 2.75) is 18.9 Å². The van der Waals surface area contributed by atoms with Crippen molar-refractivity contribution in [2.75, 3.05) is 18.4 Å². The van der Waals surface area contributed by atoms with E-state index in [1.165, 1.54) is 12.4 Å². The maximum absolute atomic E-state index is 8.59. The highest BCUT2D eigenvalue weighted by atomic mass is 15.1. The molecular weight excluding hydrogens is 190 g/mol. The van der Waals surface area contributed by atoms with Gasteiger partial charge >= 0.3 is 0 Å². The van der Waals surface area contributed by atoms with E-state index >= 15 is 0 Å². The summed E-state index contributed by atoms with van der Waals surface area (Å²) in [4.78, 5) is 8.16. The van der Waals surface area contributed by atoms with E-state index in [0.29, 0.717) is 17.6 Å². The lowest BCUT2D eigenvalue weighted by atomic mass is 10.1. The molecule has 2 rings (SSSR count). The summed E-state index contributed by atoms with van der Waals surface area (Å²) in [7, 11) is 0. The molecule has 1 aromatic rings. The van der Waals surface area contributed by atoms with Crippen LogP contribution < -0.4 is 10.6 Å². The Labute approximate surface area is 88.5 Å². The van der Waals surface area contributed by atoms with Crippen molar-refractivity contribution < 1.29 is 0 Å². The summed E-state index contributed by atoms with van der Waals surface area (Å²) in [5, 5.41) is 15.1. The molecule has 1 aliphatic rings. The summed E-state index contributed by atoms with van der Waals surface area (Å²) in [6.45, 7) is 2.07. The zero-order valence-electron chi connectivity index (χ0n) is 8.40. The number of hydrogen-bond donors (Lipinski definition) is 2. The second-order valence-corrected chi connectivity index (χ2v) is 3.58. The molecule has 0 spiro atoms. The molecule has 5 nitrogen and oxygen atoms in total. The largest absolute Gasteiger partial charge is 0.351 e. The first-order chi connectivity index (χ1) is 7.38. The standard InChI is InChI=1S/C10H13N5/c11-5-8-6-13-10(14-7-8)15-9-1-3-12-4-2-9/h6-7,9,12H,1-4H2,(H,13,14,15). The molecule has 1 aliphatic heterocycles. The predicted molar refractivity (Wildman–Crippen MR) is 56.3 cm³/mol. The van der Waals surface area contributed by atoms with Crippen LogP contribution in [0.5, 0.6) is 0 Å². The second kappa shape index (κ2) is 4.71. The fourth-order valence-corrected chi connectivity index (χ4v) is 1.61. The van der Waals surface area contributed by atoms with Gasteiger partial charge in [0.15, 0.2) is 0 Å². The molecule has 0 amide bonds. The van der Waals surface area contributed by atoms with Gasteiger partial charge in [-0.3, -0.25) is 0 Å². The predicted octanol–water partition coefficient (Wildman–Crippen LogP) is 0.512. The molecule has 0 unspecified atom stereocenters. The first kappa shape index (κ1) is 9.87. The van der Waals surface area contributed by atoms with Gasteiger partial charge in [0.2, 0.25) is 5.95 Å². The van der Waals surface area contributed by atoms with Crippen molar-refractivity contribution in [1.82, 2.24) is 15.3 Å². The van der Waals surface area contributed by atoms with Gasteiger partial charge in [-0.15, -0.1) is 0 Å². The zero-order chi connectivity index (χ0) is 10.5. The van der Waals surface area contributed by atoms with E-state index in [4.69, 9.17) is 5.26 Å². The third-order valence-corrected chi connectivity index (χ3v) is 2.45. The first-order valence-corrected chi connectivity index (χ1v) is 5.08. The zero-order valence-corrected chi connectivity index (χ0v) is 8.40. The van der Waals surface area contributed by atoms with Crippen LogP contribution in [0.4, 0.5) is 5.95 Å². The Balaban J connectivity index is 1.95. The monoisotopic (exact) mass is 203 g/mol. The average Bonchev–Trinajstić information content (AvgIpc) is 2.31. The maximum atomic E-state index is 8.59. The van der Waals surface area contributed by atoms with Crippen LogP contribution in [0.1, 0.15) is 18.4 Å². The first-order valence-electron chi connectivity index (χ1n) is 5.08. The minimum absolute atomic E-state index is 0.444. The fraction of sp³-hybridized carbons (Fsp3) is 0.500. The maximum Gasteiger partial charge on any atom is 0.222 e. The molecule has 2 N–H and O–H groups in total. The highest BCUT2D eigenvalue weighted by Gasteiger charge is 2.13. The molecule has 0 aromatic carbocycles. The van der Waals surface area contributed by atoms with Crippen molar-refractivity contribution in [1.29, 1.82) is 5.26 Å². The molecule has 0 saturated carbocycles. The Kier molecular flexibility index (Phi) is 3.10. The summed E-state index contributed by atoms with van der Waals surface area (Å²) >= 11 is 0. The summed E-state index contributed by atoms with van der Waals surface area (Å²) in [5.74, 6) is 0.612. The number of piperidine rings is 1. The van der Waals surface area contributed by atoms with E-state index in [0.717, 1.165) is 25.9 Å². The summed E-state index contributed by atoms with van der Waals surface area (Å²) < 4.78 is 0. The number of nitrogens with one attached hydrogen (secondary N) is 2. The summed E-state index contributed by atoms with van der Waals surface area (Å²) in [5.41, 5.74) is 0.492. The summed E-state index contributed by atoms with van der Waals surface area (Å²) in [6.07, 6.45) is 5.25. The Morgan fingerprint density at radius 1 is 1.33 bits per heavy atom. The Hall–Kier alpha value is -1.67. The molecule has 15 heavy (non-hydrogen) atoms. The van der Waals surface area contributed by atoms with Gasteiger partial charge in [-0.1, -0.05) is 0 Å². The highest BCUT2D eigenvalue weighted by Crippen LogP contribution is 2.08. The van der Waals surface area contributed by atoms with E-state index in [-0.39, 0.29) is 0 Å². The van der Waals surface area contributed by atoms with Crippen LogP contribution in [0.2, 0.25) is 0 Å².